The first-order chi connectivity index (χ1) is 11.5. The van der Waals surface area contributed by atoms with Crippen molar-refractivity contribution < 1.29 is 17.9 Å². The summed E-state index contributed by atoms with van der Waals surface area (Å²) in [6.45, 7) is 2.92. The second-order valence-corrected chi connectivity index (χ2v) is 8.47. The molecule has 1 saturated carbocycles. The third-order valence-corrected chi connectivity index (χ3v) is 6.49. The van der Waals surface area contributed by atoms with Gasteiger partial charge in [0.1, 0.15) is 0 Å². The lowest BCUT2D eigenvalue weighted by Gasteiger charge is -2.30. The van der Waals surface area contributed by atoms with Gasteiger partial charge in [0.25, 0.3) is 5.91 Å². The van der Waals surface area contributed by atoms with Crippen LogP contribution in [0, 0.1) is 0 Å². The zero-order chi connectivity index (χ0) is 17.2. The van der Waals surface area contributed by atoms with Gasteiger partial charge in [0.2, 0.25) is 10.0 Å². The number of carbonyl (C=O) groups is 1. The van der Waals surface area contributed by atoms with Crippen LogP contribution in [0.1, 0.15) is 43.0 Å². The van der Waals surface area contributed by atoms with E-state index < -0.39 is 10.0 Å². The molecule has 1 aromatic carbocycles. The van der Waals surface area contributed by atoms with E-state index >= 15 is 0 Å². The number of nitrogens with one attached hydrogen (secondary N) is 1. The lowest BCUT2D eigenvalue weighted by Crippen LogP contribution is -2.44. The summed E-state index contributed by atoms with van der Waals surface area (Å²) >= 11 is 0. The second kappa shape index (κ2) is 7.21. The highest BCUT2D eigenvalue weighted by molar-refractivity contribution is 7.89. The number of nitrogens with zero attached hydrogens (tertiary/aromatic N) is 1. The van der Waals surface area contributed by atoms with Crippen LogP contribution in [-0.4, -0.2) is 50.5 Å². The van der Waals surface area contributed by atoms with E-state index in [1.54, 1.807) is 18.2 Å². The predicted molar refractivity (Wildman–Crippen MR) is 90.3 cm³/mol. The Balaban J connectivity index is 1.77. The summed E-state index contributed by atoms with van der Waals surface area (Å²) < 4.78 is 32.4. The van der Waals surface area contributed by atoms with Crippen molar-refractivity contribution in [2.45, 2.75) is 49.6 Å². The average molecular weight is 352 g/mol. The summed E-state index contributed by atoms with van der Waals surface area (Å²) in [5.74, 6) is -0.200. The van der Waals surface area contributed by atoms with E-state index in [0.717, 1.165) is 25.7 Å². The summed E-state index contributed by atoms with van der Waals surface area (Å²) in [7, 11) is -3.60. The lowest BCUT2D eigenvalue weighted by molar-refractivity contribution is 0.0102. The number of sulfonamides is 1. The van der Waals surface area contributed by atoms with E-state index in [4.69, 9.17) is 4.74 Å². The molecule has 132 valence electrons. The van der Waals surface area contributed by atoms with Crippen LogP contribution in [0.3, 0.4) is 0 Å². The molecule has 1 unspecified atom stereocenters. The molecule has 2 fully saturated rings. The highest BCUT2D eigenvalue weighted by Crippen LogP contribution is 2.21. The molecule has 1 heterocycles. The molecule has 1 saturated heterocycles. The average Bonchev–Trinajstić information content (AvgIpc) is 3.08. The summed E-state index contributed by atoms with van der Waals surface area (Å²) in [4.78, 5) is 12.5. The first-order valence-electron chi connectivity index (χ1n) is 8.49. The molecule has 1 aromatic rings. The lowest BCUT2D eigenvalue weighted by atomic mass is 10.2. The van der Waals surface area contributed by atoms with Gasteiger partial charge >= 0.3 is 0 Å². The standard InChI is InChI=1S/C17H24N2O4S/c1-13-12-19(9-10-23-13)24(21,22)16-8-4-5-14(11-16)17(20)18-15-6-2-3-7-15/h4-5,8,11,13,15H,2-3,6-7,9-10,12H2,1H3,(H,18,20). The molecule has 0 bridgehead atoms. The Labute approximate surface area is 143 Å². The zero-order valence-electron chi connectivity index (χ0n) is 13.9. The van der Waals surface area contributed by atoms with Gasteiger partial charge in [-0.1, -0.05) is 18.9 Å². The second-order valence-electron chi connectivity index (χ2n) is 6.53. The molecule has 3 rings (SSSR count). The molecule has 6 nitrogen and oxygen atoms in total. The third-order valence-electron chi connectivity index (χ3n) is 4.63. The van der Waals surface area contributed by atoms with E-state index in [-0.39, 0.29) is 22.9 Å². The molecule has 0 aromatic heterocycles. The fourth-order valence-electron chi connectivity index (χ4n) is 3.29. The molecule has 1 atom stereocenters. The topological polar surface area (TPSA) is 75.7 Å². The number of hydrogen-bond acceptors (Lipinski definition) is 4. The predicted octanol–water partition coefficient (Wildman–Crippen LogP) is 1.77. The maximum absolute atomic E-state index is 12.8. The molecule has 1 N–H and O–H groups in total. The molecule has 2 aliphatic rings. The van der Waals surface area contributed by atoms with Crippen molar-refractivity contribution in [3.05, 3.63) is 29.8 Å². The smallest absolute Gasteiger partial charge is 0.251 e. The van der Waals surface area contributed by atoms with Gasteiger partial charge in [0, 0.05) is 24.7 Å². The van der Waals surface area contributed by atoms with Gasteiger partial charge in [-0.05, 0) is 38.0 Å². The van der Waals surface area contributed by atoms with E-state index in [2.05, 4.69) is 5.32 Å². The molecule has 0 radical (unpaired) electrons. The van der Waals surface area contributed by atoms with Gasteiger partial charge in [0.15, 0.2) is 0 Å². The van der Waals surface area contributed by atoms with Gasteiger partial charge in [-0.15, -0.1) is 0 Å². The van der Waals surface area contributed by atoms with Crippen molar-refractivity contribution in [3.63, 3.8) is 0 Å². The summed E-state index contributed by atoms with van der Waals surface area (Å²) in [6, 6.07) is 6.51. The van der Waals surface area contributed by atoms with Crippen LogP contribution >= 0.6 is 0 Å². The van der Waals surface area contributed by atoms with Crippen LogP contribution in [0.4, 0.5) is 0 Å². The number of rotatable bonds is 4. The van der Waals surface area contributed by atoms with Gasteiger partial charge in [-0.25, -0.2) is 8.42 Å². The summed E-state index contributed by atoms with van der Waals surface area (Å²) in [6.07, 6.45) is 4.14. The van der Waals surface area contributed by atoms with Crippen molar-refractivity contribution >= 4 is 15.9 Å². The fourth-order valence-corrected chi connectivity index (χ4v) is 4.84. The molecule has 7 heteroatoms. The maximum Gasteiger partial charge on any atom is 0.251 e. The fraction of sp³-hybridized carbons (Fsp3) is 0.588. The maximum atomic E-state index is 12.8. The highest BCUT2D eigenvalue weighted by atomic mass is 32.2. The number of carbonyl (C=O) groups excluding carboxylic acids is 1. The Kier molecular flexibility index (Phi) is 5.22. The van der Waals surface area contributed by atoms with Gasteiger partial charge < -0.3 is 10.1 Å². The Morgan fingerprint density at radius 1 is 1.29 bits per heavy atom. The van der Waals surface area contributed by atoms with Crippen molar-refractivity contribution in [3.8, 4) is 0 Å². The third kappa shape index (κ3) is 3.79. The molecule has 0 spiro atoms. The van der Waals surface area contributed by atoms with Crippen molar-refractivity contribution in [2.75, 3.05) is 19.7 Å². The van der Waals surface area contributed by atoms with E-state index in [9.17, 15) is 13.2 Å². The van der Waals surface area contributed by atoms with E-state index in [1.165, 1.54) is 10.4 Å². The van der Waals surface area contributed by atoms with E-state index in [0.29, 0.717) is 25.3 Å². The minimum absolute atomic E-state index is 0.123. The Morgan fingerprint density at radius 3 is 2.75 bits per heavy atom. The quantitative estimate of drug-likeness (QED) is 0.896. The summed E-state index contributed by atoms with van der Waals surface area (Å²) in [5, 5.41) is 2.99. The van der Waals surface area contributed by atoms with Gasteiger partial charge in [0.05, 0.1) is 17.6 Å². The first-order valence-corrected chi connectivity index (χ1v) is 9.93. The van der Waals surface area contributed by atoms with Crippen molar-refractivity contribution in [1.29, 1.82) is 0 Å². The van der Waals surface area contributed by atoms with Crippen molar-refractivity contribution in [1.82, 2.24) is 9.62 Å². The molecular weight excluding hydrogens is 328 g/mol. The molecular formula is C17H24N2O4S. The van der Waals surface area contributed by atoms with Crippen LogP contribution < -0.4 is 5.32 Å². The Morgan fingerprint density at radius 2 is 2.04 bits per heavy atom. The van der Waals surface area contributed by atoms with Gasteiger partial charge in [-0.2, -0.15) is 4.31 Å². The minimum atomic E-state index is -3.60. The Hall–Kier alpha value is -1.44. The molecule has 1 aliphatic carbocycles. The molecule has 24 heavy (non-hydrogen) atoms. The number of benzene rings is 1. The number of morpholine rings is 1. The van der Waals surface area contributed by atoms with E-state index in [1.807, 2.05) is 6.92 Å². The SMILES string of the molecule is CC1CN(S(=O)(=O)c2cccc(C(=O)NC3CCCC3)c2)CCO1. The van der Waals surface area contributed by atoms with Gasteiger partial charge in [-0.3, -0.25) is 4.79 Å². The number of hydrogen-bond donors (Lipinski definition) is 1. The van der Waals surface area contributed by atoms with Crippen LogP contribution in [-0.2, 0) is 14.8 Å². The number of amides is 1. The monoisotopic (exact) mass is 352 g/mol. The first kappa shape index (κ1) is 17.4. The van der Waals surface area contributed by atoms with Crippen LogP contribution in [0.5, 0.6) is 0 Å². The highest BCUT2D eigenvalue weighted by Gasteiger charge is 2.29. The van der Waals surface area contributed by atoms with Crippen LogP contribution in [0.15, 0.2) is 29.2 Å². The van der Waals surface area contributed by atoms with Crippen LogP contribution in [0.25, 0.3) is 0 Å². The minimum Gasteiger partial charge on any atom is -0.376 e. The van der Waals surface area contributed by atoms with Crippen LogP contribution in [0.2, 0.25) is 0 Å². The summed E-state index contributed by atoms with van der Waals surface area (Å²) in [5.41, 5.74) is 0.393. The molecule has 1 aliphatic heterocycles. The number of ether oxygens (including phenoxy) is 1. The largest absolute Gasteiger partial charge is 0.376 e. The Bertz CT molecular complexity index is 698. The molecule has 1 amide bonds. The normalized spacial score (nSPS) is 23.3. The van der Waals surface area contributed by atoms with Crippen molar-refractivity contribution in [2.24, 2.45) is 0 Å². The zero-order valence-corrected chi connectivity index (χ0v) is 14.7.